The Kier molecular flexibility index (Phi) is 4.91. The first kappa shape index (κ1) is 19.3. The van der Waals surface area contributed by atoms with Crippen molar-refractivity contribution >= 4 is 15.8 Å². The lowest BCUT2D eigenvalue weighted by Crippen LogP contribution is -2.49. The van der Waals surface area contributed by atoms with Crippen molar-refractivity contribution in [1.82, 2.24) is 14.5 Å². The summed E-state index contributed by atoms with van der Waals surface area (Å²) in [6.07, 6.45) is 3.23. The second-order valence-electron chi connectivity index (χ2n) is 8.69. The number of piperazine rings is 1. The number of sulfonamides is 1. The van der Waals surface area contributed by atoms with Crippen LogP contribution in [0.25, 0.3) is 0 Å². The van der Waals surface area contributed by atoms with Crippen molar-refractivity contribution in [3.05, 3.63) is 47.2 Å². The summed E-state index contributed by atoms with van der Waals surface area (Å²) < 4.78 is 27.6. The molecular formula is C21H28N4O2S. The van der Waals surface area contributed by atoms with Crippen molar-refractivity contribution in [1.29, 1.82) is 0 Å². The van der Waals surface area contributed by atoms with Gasteiger partial charge in [0, 0.05) is 26.2 Å². The van der Waals surface area contributed by atoms with E-state index in [2.05, 4.69) is 41.9 Å². The maximum Gasteiger partial charge on any atom is 0.243 e. The SMILES string of the molecule is CC(C)(C)c1ccc(S(=O)(=O)N2CCN(c3cc4c(nn3)CCC4)CC2)cc1. The number of anilines is 1. The smallest absolute Gasteiger partial charge is 0.243 e. The third-order valence-corrected chi connectivity index (χ3v) is 7.64. The Morgan fingerprint density at radius 2 is 1.61 bits per heavy atom. The Morgan fingerprint density at radius 3 is 2.25 bits per heavy atom. The molecule has 0 spiro atoms. The van der Waals surface area contributed by atoms with Crippen molar-refractivity contribution in [2.24, 2.45) is 0 Å². The molecule has 0 saturated carbocycles. The molecule has 0 bridgehead atoms. The summed E-state index contributed by atoms with van der Waals surface area (Å²) in [4.78, 5) is 2.51. The highest BCUT2D eigenvalue weighted by Gasteiger charge is 2.29. The van der Waals surface area contributed by atoms with Crippen LogP contribution >= 0.6 is 0 Å². The van der Waals surface area contributed by atoms with E-state index in [1.165, 1.54) is 5.56 Å². The normalized spacial score (nSPS) is 18.3. The lowest BCUT2D eigenvalue weighted by Gasteiger charge is -2.34. The maximum absolute atomic E-state index is 13.0. The van der Waals surface area contributed by atoms with Crippen molar-refractivity contribution in [3.8, 4) is 0 Å². The first-order valence-corrected chi connectivity index (χ1v) is 11.4. The quantitative estimate of drug-likeness (QED) is 0.793. The van der Waals surface area contributed by atoms with Gasteiger partial charge >= 0.3 is 0 Å². The van der Waals surface area contributed by atoms with Crippen LogP contribution in [0, 0.1) is 0 Å². The molecule has 4 rings (SSSR count). The fourth-order valence-corrected chi connectivity index (χ4v) is 5.33. The first-order valence-electron chi connectivity index (χ1n) is 9.96. The van der Waals surface area contributed by atoms with Crippen molar-refractivity contribution in [2.75, 3.05) is 31.1 Å². The molecule has 1 fully saturated rings. The Morgan fingerprint density at radius 1 is 0.929 bits per heavy atom. The van der Waals surface area contributed by atoms with Gasteiger partial charge in [-0.15, -0.1) is 5.10 Å². The molecule has 0 N–H and O–H groups in total. The average molecular weight is 401 g/mol. The highest BCUT2D eigenvalue weighted by atomic mass is 32.2. The fraction of sp³-hybridized carbons (Fsp3) is 0.524. The van der Waals surface area contributed by atoms with Gasteiger partial charge in [-0.25, -0.2) is 8.42 Å². The predicted octanol–water partition coefficient (Wildman–Crippen LogP) is 2.77. The van der Waals surface area contributed by atoms with Crippen molar-refractivity contribution < 1.29 is 8.42 Å². The average Bonchev–Trinajstić information content (AvgIpc) is 3.15. The third kappa shape index (κ3) is 3.65. The van der Waals surface area contributed by atoms with E-state index >= 15 is 0 Å². The van der Waals surface area contributed by atoms with E-state index in [-0.39, 0.29) is 5.41 Å². The van der Waals surface area contributed by atoms with Gasteiger partial charge in [0.25, 0.3) is 0 Å². The van der Waals surface area contributed by atoms with E-state index in [0.717, 1.165) is 36.3 Å². The van der Waals surface area contributed by atoms with Crippen LogP contribution in [0.5, 0.6) is 0 Å². The fourth-order valence-electron chi connectivity index (χ4n) is 3.91. The number of aromatic nitrogens is 2. The van der Waals surface area contributed by atoms with Crippen LogP contribution < -0.4 is 4.90 Å². The van der Waals surface area contributed by atoms with Crippen LogP contribution in [0.2, 0.25) is 0 Å². The second-order valence-corrected chi connectivity index (χ2v) is 10.6. The van der Waals surface area contributed by atoms with Gasteiger partial charge in [0.15, 0.2) is 5.82 Å². The molecule has 2 aliphatic rings. The van der Waals surface area contributed by atoms with E-state index < -0.39 is 10.0 Å². The minimum atomic E-state index is -3.47. The summed E-state index contributed by atoms with van der Waals surface area (Å²) in [6.45, 7) is 8.55. The lowest BCUT2D eigenvalue weighted by molar-refractivity contribution is 0.383. The monoisotopic (exact) mass is 400 g/mol. The van der Waals surface area contributed by atoms with Gasteiger partial charge in [0.1, 0.15) is 0 Å². The van der Waals surface area contributed by atoms with Gasteiger partial charge in [-0.1, -0.05) is 32.9 Å². The number of hydrogen-bond donors (Lipinski definition) is 0. The largest absolute Gasteiger partial charge is 0.352 e. The highest BCUT2D eigenvalue weighted by molar-refractivity contribution is 7.89. The standard InChI is InChI=1S/C21H28N4O2S/c1-21(2,3)17-7-9-18(10-8-17)28(26,27)25-13-11-24(12-14-25)20-15-16-5-4-6-19(16)22-23-20/h7-10,15H,4-6,11-14H2,1-3H3. The van der Waals surface area contributed by atoms with Crippen LogP contribution in [-0.2, 0) is 28.3 Å². The van der Waals surface area contributed by atoms with E-state index in [9.17, 15) is 8.42 Å². The van der Waals surface area contributed by atoms with Crippen LogP contribution in [0.4, 0.5) is 5.82 Å². The zero-order valence-electron chi connectivity index (χ0n) is 16.9. The van der Waals surface area contributed by atoms with Crippen LogP contribution in [-0.4, -0.2) is 49.1 Å². The zero-order valence-corrected chi connectivity index (χ0v) is 17.7. The molecule has 0 amide bonds. The van der Waals surface area contributed by atoms with E-state index in [0.29, 0.717) is 31.1 Å². The second kappa shape index (κ2) is 7.12. The van der Waals surface area contributed by atoms with Crippen molar-refractivity contribution in [2.45, 2.75) is 50.3 Å². The summed E-state index contributed by atoms with van der Waals surface area (Å²) in [5.41, 5.74) is 3.54. The molecule has 1 aliphatic heterocycles. The molecule has 6 nitrogen and oxygen atoms in total. The number of aryl methyl sites for hydroxylation is 2. The van der Waals surface area contributed by atoms with Crippen LogP contribution in [0.15, 0.2) is 35.2 Å². The zero-order chi connectivity index (χ0) is 19.9. The Labute approximate surface area is 167 Å². The summed E-state index contributed by atoms with van der Waals surface area (Å²) in [7, 11) is -3.47. The van der Waals surface area contributed by atoms with Gasteiger partial charge in [-0.3, -0.25) is 0 Å². The number of fused-ring (bicyclic) bond motifs is 1. The molecule has 2 aromatic rings. The van der Waals surface area contributed by atoms with Crippen LogP contribution in [0.3, 0.4) is 0 Å². The molecule has 150 valence electrons. The minimum Gasteiger partial charge on any atom is -0.352 e. The molecule has 1 aromatic heterocycles. The molecular weight excluding hydrogens is 372 g/mol. The Balaban J connectivity index is 1.45. The maximum atomic E-state index is 13.0. The molecule has 1 saturated heterocycles. The molecule has 7 heteroatoms. The number of benzene rings is 1. The highest BCUT2D eigenvalue weighted by Crippen LogP contribution is 2.26. The molecule has 0 radical (unpaired) electrons. The van der Waals surface area contributed by atoms with E-state index in [1.54, 1.807) is 16.4 Å². The van der Waals surface area contributed by atoms with Gasteiger partial charge in [-0.05, 0) is 54.0 Å². The number of hydrogen-bond acceptors (Lipinski definition) is 5. The minimum absolute atomic E-state index is 0.00478. The van der Waals surface area contributed by atoms with Crippen LogP contribution in [0.1, 0.15) is 44.0 Å². The topological polar surface area (TPSA) is 66.4 Å². The summed E-state index contributed by atoms with van der Waals surface area (Å²) in [6, 6.07) is 9.43. The molecule has 0 unspecified atom stereocenters. The van der Waals surface area contributed by atoms with Gasteiger partial charge in [-0.2, -0.15) is 9.40 Å². The first-order chi connectivity index (χ1) is 13.2. The molecule has 28 heavy (non-hydrogen) atoms. The van der Waals surface area contributed by atoms with Gasteiger partial charge < -0.3 is 4.90 Å². The Bertz CT molecular complexity index is 957. The van der Waals surface area contributed by atoms with Crippen molar-refractivity contribution in [3.63, 3.8) is 0 Å². The third-order valence-electron chi connectivity index (χ3n) is 5.73. The number of nitrogens with zero attached hydrogens (tertiary/aromatic N) is 4. The summed E-state index contributed by atoms with van der Waals surface area (Å²) in [5.74, 6) is 0.868. The molecule has 0 atom stereocenters. The van der Waals surface area contributed by atoms with Gasteiger partial charge in [0.2, 0.25) is 10.0 Å². The van der Waals surface area contributed by atoms with Gasteiger partial charge in [0.05, 0.1) is 10.6 Å². The summed E-state index contributed by atoms with van der Waals surface area (Å²) in [5, 5.41) is 8.71. The molecule has 1 aromatic carbocycles. The van der Waals surface area contributed by atoms with E-state index in [1.807, 2.05) is 12.1 Å². The predicted molar refractivity (Wildman–Crippen MR) is 110 cm³/mol. The lowest BCUT2D eigenvalue weighted by atomic mass is 9.87. The summed E-state index contributed by atoms with van der Waals surface area (Å²) >= 11 is 0. The van der Waals surface area contributed by atoms with E-state index in [4.69, 9.17) is 0 Å². The molecule has 2 heterocycles. The number of rotatable bonds is 3. The Hall–Kier alpha value is -1.99. The molecule has 1 aliphatic carbocycles.